The van der Waals surface area contributed by atoms with E-state index in [1.807, 2.05) is 0 Å². The van der Waals surface area contributed by atoms with E-state index in [0.717, 1.165) is 4.90 Å². The number of benzene rings is 1. The number of amides is 1. The van der Waals surface area contributed by atoms with Gasteiger partial charge in [0.2, 0.25) is 6.79 Å². The Bertz CT molecular complexity index is 533. The van der Waals surface area contributed by atoms with Crippen LogP contribution in [0.1, 0.15) is 6.42 Å². The van der Waals surface area contributed by atoms with Gasteiger partial charge >= 0.3 is 12.1 Å². The van der Waals surface area contributed by atoms with Crippen molar-refractivity contribution < 1.29 is 29.3 Å². The topological polar surface area (TPSA) is 122 Å². The van der Waals surface area contributed by atoms with Gasteiger partial charge in [-0.05, 0) is 18.6 Å². The van der Waals surface area contributed by atoms with E-state index in [-0.39, 0.29) is 19.8 Å². The summed E-state index contributed by atoms with van der Waals surface area (Å²) >= 11 is 0. The van der Waals surface area contributed by atoms with Gasteiger partial charge in [-0.3, -0.25) is 9.69 Å². The summed E-state index contributed by atoms with van der Waals surface area (Å²) in [7, 11) is 0. The number of anilines is 1. The van der Waals surface area contributed by atoms with Gasteiger partial charge < -0.3 is 25.4 Å². The average molecular weight is 282 g/mol. The SMILES string of the molecule is N[C@@H](CCN(C(=O)O)c1ccc2c(c1)OCO2)C(=O)O. The number of hydrogen-bond acceptors (Lipinski definition) is 5. The fourth-order valence-electron chi connectivity index (χ4n) is 1.78. The highest BCUT2D eigenvalue weighted by Gasteiger charge is 2.21. The summed E-state index contributed by atoms with van der Waals surface area (Å²) in [5.74, 6) is -0.168. The minimum Gasteiger partial charge on any atom is -0.480 e. The fraction of sp³-hybridized carbons (Fsp3) is 0.333. The summed E-state index contributed by atoms with van der Waals surface area (Å²) in [6.45, 7) is 0.0676. The molecule has 0 saturated carbocycles. The highest BCUT2D eigenvalue weighted by molar-refractivity contribution is 5.86. The second-order valence-electron chi connectivity index (χ2n) is 4.21. The number of ether oxygens (including phenoxy) is 2. The van der Waals surface area contributed by atoms with Crippen LogP contribution in [0.5, 0.6) is 11.5 Å². The number of carboxylic acids is 1. The van der Waals surface area contributed by atoms with Crippen molar-refractivity contribution in [2.75, 3.05) is 18.2 Å². The van der Waals surface area contributed by atoms with E-state index in [9.17, 15) is 14.7 Å². The Morgan fingerprint density at radius 3 is 2.65 bits per heavy atom. The van der Waals surface area contributed by atoms with Crippen LogP contribution in [0.15, 0.2) is 18.2 Å². The monoisotopic (exact) mass is 282 g/mol. The minimum atomic E-state index is -1.19. The van der Waals surface area contributed by atoms with Gasteiger partial charge in [0, 0.05) is 12.6 Å². The maximum absolute atomic E-state index is 11.2. The lowest BCUT2D eigenvalue weighted by molar-refractivity contribution is -0.138. The van der Waals surface area contributed by atoms with E-state index < -0.39 is 18.1 Å². The summed E-state index contributed by atoms with van der Waals surface area (Å²) in [6, 6.07) is 3.59. The van der Waals surface area contributed by atoms with Gasteiger partial charge in [-0.1, -0.05) is 0 Å². The normalized spacial score (nSPS) is 13.8. The molecular weight excluding hydrogens is 268 g/mol. The lowest BCUT2D eigenvalue weighted by Crippen LogP contribution is -2.37. The number of carboxylic acid groups (broad SMARTS) is 2. The maximum atomic E-state index is 11.2. The molecule has 0 radical (unpaired) electrons. The Kier molecular flexibility index (Phi) is 3.94. The third-order valence-electron chi connectivity index (χ3n) is 2.88. The lowest BCUT2D eigenvalue weighted by Gasteiger charge is -2.20. The number of nitrogens with two attached hydrogens (primary N) is 1. The van der Waals surface area contributed by atoms with Crippen molar-refractivity contribution in [3.8, 4) is 11.5 Å². The van der Waals surface area contributed by atoms with Gasteiger partial charge in [0.15, 0.2) is 11.5 Å². The van der Waals surface area contributed by atoms with Crippen molar-refractivity contribution in [1.82, 2.24) is 0 Å². The first-order valence-corrected chi connectivity index (χ1v) is 5.87. The average Bonchev–Trinajstić information content (AvgIpc) is 2.85. The van der Waals surface area contributed by atoms with E-state index in [4.69, 9.17) is 20.3 Å². The Balaban J connectivity index is 2.12. The Morgan fingerprint density at radius 2 is 2.00 bits per heavy atom. The van der Waals surface area contributed by atoms with Crippen molar-refractivity contribution in [2.24, 2.45) is 5.73 Å². The molecule has 1 atom stereocenters. The number of hydrogen-bond donors (Lipinski definition) is 3. The van der Waals surface area contributed by atoms with Gasteiger partial charge in [0.05, 0.1) is 5.69 Å². The number of aliphatic carboxylic acids is 1. The van der Waals surface area contributed by atoms with Crippen LogP contribution in [0.2, 0.25) is 0 Å². The molecule has 0 bridgehead atoms. The highest BCUT2D eigenvalue weighted by atomic mass is 16.7. The van der Waals surface area contributed by atoms with Crippen LogP contribution < -0.4 is 20.1 Å². The zero-order valence-corrected chi connectivity index (χ0v) is 10.5. The van der Waals surface area contributed by atoms with E-state index in [1.165, 1.54) is 6.07 Å². The van der Waals surface area contributed by atoms with Crippen LogP contribution >= 0.6 is 0 Å². The Labute approximate surface area is 114 Å². The van der Waals surface area contributed by atoms with Crippen LogP contribution in [-0.4, -0.2) is 41.7 Å². The molecule has 2 rings (SSSR count). The van der Waals surface area contributed by atoms with E-state index >= 15 is 0 Å². The summed E-state index contributed by atoms with van der Waals surface area (Å²) < 4.78 is 10.3. The van der Waals surface area contributed by atoms with Gasteiger partial charge in [0.1, 0.15) is 6.04 Å². The van der Waals surface area contributed by atoms with Crippen molar-refractivity contribution in [3.63, 3.8) is 0 Å². The van der Waals surface area contributed by atoms with Crippen LogP contribution in [0.25, 0.3) is 0 Å². The first-order valence-electron chi connectivity index (χ1n) is 5.87. The van der Waals surface area contributed by atoms with Gasteiger partial charge in [-0.15, -0.1) is 0 Å². The molecule has 4 N–H and O–H groups in total. The largest absolute Gasteiger partial charge is 0.480 e. The standard InChI is InChI=1S/C12H14N2O6/c13-8(11(15)16)3-4-14(12(17)18)7-1-2-9-10(5-7)20-6-19-9/h1-2,5,8H,3-4,6,13H2,(H,15,16)(H,17,18)/t8-/m0/s1. The van der Waals surface area contributed by atoms with Crippen LogP contribution in [0.4, 0.5) is 10.5 Å². The third kappa shape index (κ3) is 2.91. The Morgan fingerprint density at radius 1 is 1.30 bits per heavy atom. The first kappa shape index (κ1) is 13.9. The predicted octanol–water partition coefficient (Wildman–Crippen LogP) is 0.702. The maximum Gasteiger partial charge on any atom is 0.411 e. The predicted molar refractivity (Wildman–Crippen MR) is 68.2 cm³/mol. The number of nitrogens with zero attached hydrogens (tertiary/aromatic N) is 1. The molecule has 0 unspecified atom stereocenters. The molecule has 8 nitrogen and oxygen atoms in total. The van der Waals surface area contributed by atoms with Gasteiger partial charge in [-0.25, -0.2) is 4.79 Å². The molecule has 0 saturated heterocycles. The van der Waals surface area contributed by atoms with Crippen LogP contribution in [0.3, 0.4) is 0 Å². The zero-order chi connectivity index (χ0) is 14.7. The smallest absolute Gasteiger partial charge is 0.411 e. The molecule has 1 heterocycles. The molecule has 108 valence electrons. The molecule has 1 aliphatic heterocycles. The van der Waals surface area contributed by atoms with Gasteiger partial charge in [-0.2, -0.15) is 0 Å². The Hall–Kier alpha value is -2.48. The van der Waals surface area contributed by atoms with Crippen LogP contribution in [0, 0.1) is 0 Å². The third-order valence-corrected chi connectivity index (χ3v) is 2.88. The highest BCUT2D eigenvalue weighted by Crippen LogP contribution is 2.35. The molecule has 1 aliphatic rings. The van der Waals surface area contributed by atoms with Crippen molar-refractivity contribution in [2.45, 2.75) is 12.5 Å². The molecule has 1 amide bonds. The van der Waals surface area contributed by atoms with Crippen LogP contribution in [-0.2, 0) is 4.79 Å². The molecule has 1 aromatic rings. The van der Waals surface area contributed by atoms with E-state index in [0.29, 0.717) is 17.2 Å². The summed E-state index contributed by atoms with van der Waals surface area (Å²) in [5.41, 5.74) is 5.74. The quantitative estimate of drug-likeness (QED) is 0.726. The summed E-state index contributed by atoms with van der Waals surface area (Å²) in [6.07, 6.45) is -1.18. The second kappa shape index (κ2) is 5.66. The molecule has 0 spiro atoms. The lowest BCUT2D eigenvalue weighted by atomic mass is 10.2. The molecule has 1 aromatic carbocycles. The molecule has 8 heteroatoms. The van der Waals surface area contributed by atoms with Gasteiger partial charge in [0.25, 0.3) is 0 Å². The number of fused-ring (bicyclic) bond motifs is 1. The van der Waals surface area contributed by atoms with Crippen molar-refractivity contribution in [1.29, 1.82) is 0 Å². The van der Waals surface area contributed by atoms with E-state index in [2.05, 4.69) is 0 Å². The minimum absolute atomic E-state index is 0.01000. The molecule has 20 heavy (non-hydrogen) atoms. The van der Waals surface area contributed by atoms with Crippen molar-refractivity contribution in [3.05, 3.63) is 18.2 Å². The zero-order valence-electron chi connectivity index (χ0n) is 10.5. The first-order chi connectivity index (χ1) is 9.49. The molecule has 0 aromatic heterocycles. The summed E-state index contributed by atoms with van der Waals surface area (Å²) in [5, 5.41) is 17.9. The van der Waals surface area contributed by atoms with Crippen molar-refractivity contribution >= 4 is 17.7 Å². The molecule has 0 aliphatic carbocycles. The second-order valence-corrected chi connectivity index (χ2v) is 4.21. The van der Waals surface area contributed by atoms with E-state index in [1.54, 1.807) is 12.1 Å². The molecular formula is C12H14N2O6. The fourth-order valence-corrected chi connectivity index (χ4v) is 1.78. The number of carbonyl (C=O) groups is 2. The summed E-state index contributed by atoms with van der Waals surface area (Å²) in [4.78, 5) is 22.9. The number of rotatable bonds is 5. The molecule has 0 fully saturated rings.